The van der Waals surface area contributed by atoms with Gasteiger partial charge in [0.15, 0.2) is 0 Å². The number of unbranched alkanes of at least 4 members (excludes halogenated alkanes) is 9. The molecule has 0 saturated carbocycles. The minimum Gasteiger partial charge on any atom is -0.0654 e. The second kappa shape index (κ2) is 15.3. The summed E-state index contributed by atoms with van der Waals surface area (Å²) in [5.74, 6) is 0. The predicted molar refractivity (Wildman–Crippen MR) is 76.2 cm³/mol. The van der Waals surface area contributed by atoms with Gasteiger partial charge in [0.05, 0.1) is 0 Å². The van der Waals surface area contributed by atoms with Crippen LogP contribution in [0.15, 0.2) is 12.2 Å². The van der Waals surface area contributed by atoms with Crippen molar-refractivity contribution in [2.45, 2.75) is 82.6 Å². The van der Waals surface area contributed by atoms with Gasteiger partial charge >= 0.3 is 92.7 Å². The molecule has 0 heterocycles. The summed E-state index contributed by atoms with van der Waals surface area (Å²) in [4.78, 5) is 0. The van der Waals surface area contributed by atoms with Crippen molar-refractivity contribution in [3.8, 4) is 0 Å². The van der Waals surface area contributed by atoms with Crippen molar-refractivity contribution < 1.29 is 0 Å². The monoisotopic (exact) mass is 216 g/mol. The van der Waals surface area contributed by atoms with E-state index in [2.05, 4.69) is 36.8 Å². The molecule has 0 aromatic rings. The molecule has 16 heavy (non-hydrogen) atoms. The first-order valence-electron chi connectivity index (χ1n) is 7.56. The van der Waals surface area contributed by atoms with Crippen molar-refractivity contribution in [1.82, 2.24) is 0 Å². The van der Waals surface area contributed by atoms with Gasteiger partial charge in [0.25, 0.3) is 0 Å². The Kier molecular flexibility index (Phi) is 15.7. The van der Waals surface area contributed by atoms with Crippen molar-refractivity contribution in [2.75, 3.05) is 0 Å². The molecule has 0 aliphatic carbocycles. The van der Waals surface area contributed by atoms with Gasteiger partial charge in [-0.1, -0.05) is 19.8 Å². The summed E-state index contributed by atoms with van der Waals surface area (Å²) >= 11 is 2.28. The quantitative estimate of drug-likeness (QED) is 0.231. The summed E-state index contributed by atoms with van der Waals surface area (Å²) in [5, 5.41) is 1.36. The molecule has 1 heteroatoms. The first-order valence-corrected chi connectivity index (χ1v) is 7.56. The van der Waals surface area contributed by atoms with Crippen LogP contribution in [-0.2, 0) is 0 Å². The number of rotatable bonds is 12. The van der Waals surface area contributed by atoms with Crippen LogP contribution in [0.3, 0.4) is 0 Å². The van der Waals surface area contributed by atoms with Gasteiger partial charge in [0.1, 0.15) is 0 Å². The van der Waals surface area contributed by atoms with E-state index in [1.165, 1.54) is 75.7 Å². The molecule has 0 nitrogen and oxygen atoms in total. The van der Waals surface area contributed by atoms with Gasteiger partial charge in [-0.3, -0.25) is 0 Å². The van der Waals surface area contributed by atoms with Gasteiger partial charge < -0.3 is 0 Å². The molecule has 0 bridgehead atoms. The average molecular weight is 216 g/mol. The van der Waals surface area contributed by atoms with E-state index >= 15 is 0 Å². The first kappa shape index (κ1) is 16.3. The molecule has 0 radical (unpaired) electrons. The molecule has 0 aliphatic heterocycles. The summed E-state index contributed by atoms with van der Waals surface area (Å²) in [6.45, 7) is 2.27. The Labute approximate surface area is 112 Å². The molecule has 0 rings (SSSR count). The van der Waals surface area contributed by atoms with Crippen LogP contribution in [-0.4, -0.2) is 17.7 Å². The Balaban J connectivity index is 2.98. The standard InChI is InChI=1S/C15H29.Li/c1-3-5-7-9-11-13-15-14-12-10-8-6-4-2;/h14-15H,1,3-13H2,2H3;. The third kappa shape index (κ3) is 14.3. The topological polar surface area (TPSA) is 0 Å². The third-order valence-corrected chi connectivity index (χ3v) is 3.12. The number of hydrogen-bond donors (Lipinski definition) is 0. The van der Waals surface area contributed by atoms with E-state index in [-0.39, 0.29) is 0 Å². The SMILES string of the molecule is [Li][CH2]CCCCCCC=CCCCCCC. The molecule has 0 spiro atoms. The van der Waals surface area contributed by atoms with E-state index in [0.29, 0.717) is 0 Å². The Bertz CT molecular complexity index is 140. The van der Waals surface area contributed by atoms with Crippen molar-refractivity contribution >= 4 is 17.7 Å². The second-order valence-electron chi connectivity index (χ2n) is 4.88. The van der Waals surface area contributed by atoms with Gasteiger partial charge in [-0.05, 0) is 0 Å². The van der Waals surface area contributed by atoms with Crippen molar-refractivity contribution in [2.24, 2.45) is 0 Å². The molecule has 90 valence electrons. The molecule has 0 aliphatic rings. The van der Waals surface area contributed by atoms with Crippen molar-refractivity contribution in [3.05, 3.63) is 12.2 Å². The van der Waals surface area contributed by atoms with E-state index in [1.54, 1.807) is 0 Å². The molecule has 0 aromatic heterocycles. The fourth-order valence-corrected chi connectivity index (χ4v) is 1.97. The zero-order valence-corrected chi connectivity index (χ0v) is 11.6. The Morgan fingerprint density at radius 1 is 0.688 bits per heavy atom. The van der Waals surface area contributed by atoms with E-state index in [0.717, 1.165) is 0 Å². The van der Waals surface area contributed by atoms with Crippen LogP contribution >= 0.6 is 0 Å². The molecule has 0 unspecified atom stereocenters. The van der Waals surface area contributed by atoms with E-state index < -0.39 is 0 Å². The second-order valence-corrected chi connectivity index (χ2v) is 4.88. The molecule has 0 N–H and O–H groups in total. The fourth-order valence-electron chi connectivity index (χ4n) is 1.97. The average Bonchev–Trinajstić information content (AvgIpc) is 2.31. The summed E-state index contributed by atoms with van der Waals surface area (Å²) in [5.41, 5.74) is 0. The van der Waals surface area contributed by atoms with Crippen LogP contribution < -0.4 is 0 Å². The first-order chi connectivity index (χ1) is 7.91. The summed E-state index contributed by atoms with van der Waals surface area (Å²) < 4.78 is 0. The maximum absolute atomic E-state index is 2.39. The van der Waals surface area contributed by atoms with Gasteiger partial charge in [0, 0.05) is 0 Å². The summed E-state index contributed by atoms with van der Waals surface area (Å²) in [6, 6.07) is 0. The molecule has 0 fully saturated rings. The predicted octanol–water partition coefficient (Wildman–Crippen LogP) is 5.44. The van der Waals surface area contributed by atoms with E-state index in [9.17, 15) is 0 Å². The van der Waals surface area contributed by atoms with Crippen molar-refractivity contribution in [1.29, 1.82) is 0 Å². The zero-order chi connectivity index (χ0) is 11.9. The Morgan fingerprint density at radius 2 is 1.19 bits per heavy atom. The number of hydrogen-bond acceptors (Lipinski definition) is 0. The van der Waals surface area contributed by atoms with Gasteiger partial charge in [-0.2, -0.15) is 0 Å². The van der Waals surface area contributed by atoms with Crippen LogP contribution in [0, 0.1) is 0 Å². The van der Waals surface area contributed by atoms with Crippen molar-refractivity contribution in [3.63, 3.8) is 0 Å². The minimum absolute atomic E-state index is 1.30. The maximum atomic E-state index is 2.39. The molecular weight excluding hydrogens is 187 g/mol. The molecule has 0 amide bonds. The van der Waals surface area contributed by atoms with Gasteiger partial charge in [0.2, 0.25) is 0 Å². The molecule has 0 aromatic carbocycles. The minimum atomic E-state index is 1.30. The Morgan fingerprint density at radius 3 is 1.75 bits per heavy atom. The van der Waals surface area contributed by atoms with Crippen LogP contribution in [0.25, 0.3) is 0 Å². The number of allylic oxidation sites excluding steroid dienone is 2. The Hall–Kier alpha value is 0.337. The van der Waals surface area contributed by atoms with Crippen LogP contribution in [0.1, 0.15) is 77.6 Å². The van der Waals surface area contributed by atoms with Crippen LogP contribution in [0.4, 0.5) is 0 Å². The molecule has 0 saturated heterocycles. The molecular formula is C15H29Li. The third-order valence-electron chi connectivity index (χ3n) is 3.12. The van der Waals surface area contributed by atoms with Gasteiger partial charge in [-0.25, -0.2) is 0 Å². The fraction of sp³-hybridized carbons (Fsp3) is 0.867. The normalized spacial score (nSPS) is 11.4. The molecule has 0 atom stereocenters. The van der Waals surface area contributed by atoms with E-state index in [1.807, 2.05) is 0 Å². The zero-order valence-electron chi connectivity index (χ0n) is 11.6. The summed E-state index contributed by atoms with van der Waals surface area (Å²) in [6.07, 6.45) is 20.1. The van der Waals surface area contributed by atoms with Gasteiger partial charge in [-0.15, -0.1) is 0 Å². The van der Waals surface area contributed by atoms with E-state index in [4.69, 9.17) is 0 Å². The summed E-state index contributed by atoms with van der Waals surface area (Å²) in [7, 11) is 0. The van der Waals surface area contributed by atoms with Crippen LogP contribution in [0.5, 0.6) is 0 Å². The van der Waals surface area contributed by atoms with Crippen LogP contribution in [0.2, 0.25) is 5.09 Å². The smallest absolute Gasteiger partial charge is 0.0654 e.